The molecule has 0 radical (unpaired) electrons. The maximum absolute atomic E-state index is 12.4. The second kappa shape index (κ2) is 9.83. The van der Waals surface area contributed by atoms with Gasteiger partial charge in [0.15, 0.2) is 0 Å². The van der Waals surface area contributed by atoms with Gasteiger partial charge in [0.25, 0.3) is 0 Å². The number of hydrogen-bond acceptors (Lipinski definition) is 4. The summed E-state index contributed by atoms with van der Waals surface area (Å²) in [5.74, 6) is -0.168. The van der Waals surface area contributed by atoms with Crippen LogP contribution in [0.3, 0.4) is 0 Å². The molecule has 1 aromatic carbocycles. The Bertz CT molecular complexity index is 777. The van der Waals surface area contributed by atoms with Crippen molar-refractivity contribution in [1.82, 2.24) is 9.88 Å². The van der Waals surface area contributed by atoms with Crippen molar-refractivity contribution in [3.63, 3.8) is 0 Å². The van der Waals surface area contributed by atoms with Gasteiger partial charge >= 0.3 is 0 Å². The lowest BCUT2D eigenvalue weighted by Crippen LogP contribution is -2.30. The molecule has 0 bridgehead atoms. The van der Waals surface area contributed by atoms with Gasteiger partial charge in [0.05, 0.1) is 6.54 Å². The van der Waals surface area contributed by atoms with E-state index in [-0.39, 0.29) is 24.3 Å². The summed E-state index contributed by atoms with van der Waals surface area (Å²) in [5, 5.41) is 5.88. The van der Waals surface area contributed by atoms with Gasteiger partial charge in [-0.3, -0.25) is 19.5 Å². The summed E-state index contributed by atoms with van der Waals surface area (Å²) in [4.78, 5) is 30.5. The van der Waals surface area contributed by atoms with Crippen LogP contribution in [0, 0.1) is 12.8 Å². The minimum Gasteiger partial charge on any atom is -0.326 e. The highest BCUT2D eigenvalue weighted by Gasteiger charge is 2.14. The molecule has 2 aromatic rings. The Kier molecular flexibility index (Phi) is 7.49. The zero-order chi connectivity index (χ0) is 19.8. The SMILES string of the molecule is CCC(C)C(=O)Nc1cccc(NC(=O)CN(C)Cc2cccnc2)c1C. The summed E-state index contributed by atoms with van der Waals surface area (Å²) in [6.07, 6.45) is 4.30. The number of anilines is 2. The Hall–Kier alpha value is -2.73. The van der Waals surface area contributed by atoms with E-state index in [2.05, 4.69) is 15.6 Å². The highest BCUT2D eigenvalue weighted by Crippen LogP contribution is 2.24. The number of carbonyl (C=O) groups is 2. The van der Waals surface area contributed by atoms with Crippen LogP contribution in [-0.2, 0) is 16.1 Å². The zero-order valence-electron chi connectivity index (χ0n) is 16.5. The molecule has 1 unspecified atom stereocenters. The van der Waals surface area contributed by atoms with Gasteiger partial charge in [-0.1, -0.05) is 26.0 Å². The highest BCUT2D eigenvalue weighted by atomic mass is 16.2. The molecule has 144 valence electrons. The fraction of sp³-hybridized carbons (Fsp3) is 0.381. The molecule has 1 atom stereocenters. The third kappa shape index (κ3) is 6.18. The lowest BCUT2D eigenvalue weighted by Gasteiger charge is -2.18. The van der Waals surface area contributed by atoms with E-state index in [1.165, 1.54) is 0 Å². The maximum Gasteiger partial charge on any atom is 0.238 e. The summed E-state index contributed by atoms with van der Waals surface area (Å²) in [6, 6.07) is 9.38. The predicted molar refractivity (Wildman–Crippen MR) is 108 cm³/mol. The standard InChI is InChI=1S/C21H28N4O2/c1-5-15(2)21(27)24-19-10-6-9-18(16(19)3)23-20(26)14-25(4)13-17-8-7-11-22-12-17/h6-12,15H,5,13-14H2,1-4H3,(H,23,26)(H,24,27). The van der Waals surface area contributed by atoms with Crippen LogP contribution < -0.4 is 10.6 Å². The van der Waals surface area contributed by atoms with Crippen LogP contribution in [0.15, 0.2) is 42.7 Å². The van der Waals surface area contributed by atoms with Crippen molar-refractivity contribution in [3.05, 3.63) is 53.9 Å². The highest BCUT2D eigenvalue weighted by molar-refractivity contribution is 5.97. The Morgan fingerprint density at radius 1 is 1.15 bits per heavy atom. The molecule has 0 aliphatic rings. The lowest BCUT2D eigenvalue weighted by atomic mass is 10.1. The molecule has 6 heteroatoms. The van der Waals surface area contributed by atoms with E-state index in [0.29, 0.717) is 12.2 Å². The quantitative estimate of drug-likeness (QED) is 0.748. The summed E-state index contributed by atoms with van der Waals surface area (Å²) in [7, 11) is 1.89. The number of nitrogens with one attached hydrogen (secondary N) is 2. The van der Waals surface area contributed by atoms with Crippen molar-refractivity contribution in [2.45, 2.75) is 33.7 Å². The number of amides is 2. The topological polar surface area (TPSA) is 74.3 Å². The van der Waals surface area contributed by atoms with Gasteiger partial charge < -0.3 is 10.6 Å². The molecule has 2 N–H and O–H groups in total. The average Bonchev–Trinajstić information content (AvgIpc) is 2.64. The van der Waals surface area contributed by atoms with E-state index < -0.39 is 0 Å². The normalized spacial score (nSPS) is 11.9. The van der Waals surface area contributed by atoms with Crippen LogP contribution in [0.1, 0.15) is 31.4 Å². The first-order chi connectivity index (χ1) is 12.9. The van der Waals surface area contributed by atoms with Gasteiger partial charge in [0, 0.05) is 36.2 Å². The predicted octanol–water partition coefficient (Wildman–Crippen LogP) is 3.45. The molecular weight excluding hydrogens is 340 g/mol. The van der Waals surface area contributed by atoms with Crippen molar-refractivity contribution in [3.8, 4) is 0 Å². The minimum absolute atomic E-state index is 0.0136. The van der Waals surface area contributed by atoms with Crippen LogP contribution in [0.25, 0.3) is 0 Å². The lowest BCUT2D eigenvalue weighted by molar-refractivity contribution is -0.119. The Morgan fingerprint density at radius 3 is 2.48 bits per heavy atom. The van der Waals surface area contributed by atoms with Gasteiger partial charge in [-0.25, -0.2) is 0 Å². The van der Waals surface area contributed by atoms with E-state index in [1.807, 2.05) is 63.1 Å². The molecule has 2 amide bonds. The average molecular weight is 368 g/mol. The number of benzene rings is 1. The van der Waals surface area contributed by atoms with Crippen LogP contribution in [-0.4, -0.2) is 35.3 Å². The van der Waals surface area contributed by atoms with E-state index >= 15 is 0 Å². The third-order valence-electron chi connectivity index (χ3n) is 4.51. The first kappa shape index (κ1) is 20.6. The molecule has 0 fully saturated rings. The summed E-state index contributed by atoms with van der Waals surface area (Å²) >= 11 is 0. The number of rotatable bonds is 8. The fourth-order valence-electron chi connectivity index (χ4n) is 2.64. The van der Waals surface area contributed by atoms with E-state index in [4.69, 9.17) is 0 Å². The number of hydrogen-bond donors (Lipinski definition) is 2. The van der Waals surface area contributed by atoms with Crippen LogP contribution in [0.5, 0.6) is 0 Å². The molecule has 0 aliphatic heterocycles. The van der Waals surface area contributed by atoms with E-state index in [9.17, 15) is 9.59 Å². The molecule has 0 aliphatic carbocycles. The zero-order valence-corrected chi connectivity index (χ0v) is 16.5. The monoisotopic (exact) mass is 368 g/mol. The molecule has 1 heterocycles. The van der Waals surface area contributed by atoms with E-state index in [1.54, 1.807) is 12.4 Å². The van der Waals surface area contributed by atoms with Crippen LogP contribution >= 0.6 is 0 Å². The largest absolute Gasteiger partial charge is 0.326 e. The Morgan fingerprint density at radius 2 is 1.85 bits per heavy atom. The summed E-state index contributed by atoms with van der Waals surface area (Å²) in [6.45, 7) is 6.67. The number of carbonyl (C=O) groups excluding carboxylic acids is 2. The van der Waals surface area contributed by atoms with Gasteiger partial charge in [0.1, 0.15) is 0 Å². The number of nitrogens with zero attached hydrogens (tertiary/aromatic N) is 2. The van der Waals surface area contributed by atoms with Crippen molar-refractivity contribution in [1.29, 1.82) is 0 Å². The van der Waals surface area contributed by atoms with Gasteiger partial charge in [-0.05, 0) is 49.7 Å². The molecule has 0 spiro atoms. The fourth-order valence-corrected chi connectivity index (χ4v) is 2.64. The van der Waals surface area contributed by atoms with Crippen molar-refractivity contribution < 1.29 is 9.59 Å². The molecule has 2 rings (SSSR count). The number of likely N-dealkylation sites (N-methyl/N-ethyl adjacent to an activating group) is 1. The molecular formula is C21H28N4O2. The van der Waals surface area contributed by atoms with Crippen molar-refractivity contribution in [2.75, 3.05) is 24.2 Å². The van der Waals surface area contributed by atoms with Crippen LogP contribution in [0.4, 0.5) is 11.4 Å². The summed E-state index contributed by atoms with van der Waals surface area (Å²) in [5.41, 5.74) is 3.33. The molecule has 6 nitrogen and oxygen atoms in total. The molecule has 0 saturated heterocycles. The Balaban J connectivity index is 1.97. The van der Waals surface area contributed by atoms with Gasteiger partial charge in [-0.15, -0.1) is 0 Å². The van der Waals surface area contributed by atoms with Crippen molar-refractivity contribution in [2.24, 2.45) is 5.92 Å². The number of aromatic nitrogens is 1. The molecule has 1 aromatic heterocycles. The van der Waals surface area contributed by atoms with Crippen LogP contribution in [0.2, 0.25) is 0 Å². The second-order valence-corrected chi connectivity index (χ2v) is 6.86. The molecule has 0 saturated carbocycles. The maximum atomic E-state index is 12.4. The van der Waals surface area contributed by atoms with Gasteiger partial charge in [-0.2, -0.15) is 0 Å². The smallest absolute Gasteiger partial charge is 0.238 e. The third-order valence-corrected chi connectivity index (χ3v) is 4.51. The minimum atomic E-state index is -0.102. The first-order valence-corrected chi connectivity index (χ1v) is 9.18. The Labute approximate surface area is 161 Å². The van der Waals surface area contributed by atoms with Gasteiger partial charge in [0.2, 0.25) is 11.8 Å². The van der Waals surface area contributed by atoms with Crippen molar-refractivity contribution >= 4 is 23.2 Å². The van der Waals surface area contributed by atoms with E-state index in [0.717, 1.165) is 23.2 Å². The molecule has 27 heavy (non-hydrogen) atoms. The first-order valence-electron chi connectivity index (χ1n) is 9.18. The number of pyridine rings is 1. The summed E-state index contributed by atoms with van der Waals surface area (Å²) < 4.78 is 0. The second-order valence-electron chi connectivity index (χ2n) is 6.86.